The van der Waals surface area contributed by atoms with Gasteiger partial charge in [0.25, 0.3) is 0 Å². The van der Waals surface area contributed by atoms with E-state index in [2.05, 4.69) is 163 Å². The average molecular weight is 726 g/mol. The first-order valence-electron chi connectivity index (χ1n) is 19.5. The van der Waals surface area contributed by atoms with Crippen molar-refractivity contribution in [2.24, 2.45) is 0 Å². The van der Waals surface area contributed by atoms with Gasteiger partial charge in [0, 0.05) is 43.6 Å². The summed E-state index contributed by atoms with van der Waals surface area (Å²) in [5.74, 6) is 0. The smallest absolute Gasteiger partial charge is 0.248 e. The van der Waals surface area contributed by atoms with Crippen LogP contribution in [0.4, 0.5) is 17.1 Å². The molecule has 0 radical (unpaired) electrons. The molecule has 0 atom stereocenters. The van der Waals surface area contributed by atoms with E-state index in [9.17, 15) is 0 Å². The fourth-order valence-corrected chi connectivity index (χ4v) is 10.2. The monoisotopic (exact) mass is 725 g/mol. The van der Waals surface area contributed by atoms with Gasteiger partial charge in [-0.25, -0.2) is 0 Å². The van der Waals surface area contributed by atoms with Crippen molar-refractivity contribution in [1.29, 1.82) is 0 Å². The quantitative estimate of drug-likeness (QED) is 0.166. The maximum absolute atomic E-state index is 6.97. The molecule has 12 aromatic rings. The van der Waals surface area contributed by atoms with E-state index in [1.807, 2.05) is 12.1 Å². The van der Waals surface area contributed by atoms with Crippen LogP contribution < -0.4 is 21.3 Å². The zero-order chi connectivity index (χ0) is 36.9. The second-order valence-electron chi connectivity index (χ2n) is 15.5. The molecule has 0 aliphatic carbocycles. The second kappa shape index (κ2) is 10.6. The van der Waals surface area contributed by atoms with E-state index < -0.39 is 0 Å². The van der Waals surface area contributed by atoms with Gasteiger partial charge in [-0.2, -0.15) is 0 Å². The molecular formula is C52H28BNO3. The molecule has 9 aromatic carbocycles. The summed E-state index contributed by atoms with van der Waals surface area (Å²) in [5.41, 5.74) is 16.7. The summed E-state index contributed by atoms with van der Waals surface area (Å²) in [6.07, 6.45) is 0. The van der Waals surface area contributed by atoms with Gasteiger partial charge in [-0.05, 0) is 80.9 Å². The lowest BCUT2D eigenvalue weighted by molar-refractivity contribution is 0.666. The van der Waals surface area contributed by atoms with Crippen LogP contribution in [0.5, 0.6) is 0 Å². The van der Waals surface area contributed by atoms with Crippen LogP contribution in [0.3, 0.4) is 0 Å². The highest BCUT2D eigenvalue weighted by molar-refractivity contribution is 7.02. The molecule has 0 N–H and O–H groups in total. The third-order valence-corrected chi connectivity index (χ3v) is 12.6. The van der Waals surface area contributed by atoms with Crippen molar-refractivity contribution in [1.82, 2.24) is 0 Å². The molecule has 0 unspecified atom stereocenters. The summed E-state index contributed by atoms with van der Waals surface area (Å²) >= 11 is 0. The van der Waals surface area contributed by atoms with E-state index in [0.29, 0.717) is 0 Å². The molecule has 0 amide bonds. The molecule has 5 heteroatoms. The molecule has 5 heterocycles. The van der Waals surface area contributed by atoms with Gasteiger partial charge >= 0.3 is 0 Å². The zero-order valence-corrected chi connectivity index (χ0v) is 30.4. The van der Waals surface area contributed by atoms with E-state index in [4.69, 9.17) is 13.3 Å². The fourth-order valence-electron chi connectivity index (χ4n) is 10.2. The molecule has 0 fully saturated rings. The predicted octanol–water partition coefficient (Wildman–Crippen LogP) is 12.5. The van der Waals surface area contributed by atoms with Gasteiger partial charge < -0.3 is 18.2 Å². The number of nitrogens with zero attached hydrogens (tertiary/aromatic N) is 1. The minimum absolute atomic E-state index is 0.0491. The van der Waals surface area contributed by atoms with Crippen LogP contribution in [0, 0.1) is 0 Å². The van der Waals surface area contributed by atoms with Crippen molar-refractivity contribution in [3.63, 3.8) is 0 Å². The van der Waals surface area contributed by atoms with Gasteiger partial charge in [0.1, 0.15) is 22.3 Å². The van der Waals surface area contributed by atoms with Gasteiger partial charge in [0.2, 0.25) is 6.71 Å². The highest BCUT2D eigenvalue weighted by Crippen LogP contribution is 2.50. The van der Waals surface area contributed by atoms with Crippen LogP contribution in [0.1, 0.15) is 0 Å². The first-order chi connectivity index (χ1) is 28.3. The first-order valence-corrected chi connectivity index (χ1v) is 19.5. The third kappa shape index (κ3) is 3.83. The molecule has 0 saturated carbocycles. The van der Waals surface area contributed by atoms with Crippen LogP contribution in [0.25, 0.3) is 98.8 Å². The Morgan fingerprint density at radius 3 is 1.74 bits per heavy atom. The second-order valence-corrected chi connectivity index (χ2v) is 15.5. The highest BCUT2D eigenvalue weighted by atomic mass is 16.3. The third-order valence-electron chi connectivity index (χ3n) is 12.6. The van der Waals surface area contributed by atoms with Crippen molar-refractivity contribution >= 4 is 117 Å². The van der Waals surface area contributed by atoms with Crippen LogP contribution in [0.2, 0.25) is 0 Å². The Kier molecular flexibility index (Phi) is 5.56. The van der Waals surface area contributed by atoms with Crippen molar-refractivity contribution in [3.8, 4) is 22.3 Å². The lowest BCUT2D eigenvalue weighted by Crippen LogP contribution is -2.54. The molecule has 2 aliphatic rings. The number of furan rings is 3. The lowest BCUT2D eigenvalue weighted by atomic mass is 9.37. The lowest BCUT2D eigenvalue weighted by Gasteiger charge is -2.36. The minimum Gasteiger partial charge on any atom is -0.455 e. The number of para-hydroxylation sites is 4. The number of hydrogen-bond acceptors (Lipinski definition) is 4. The maximum atomic E-state index is 6.97. The number of rotatable bonds is 2. The number of benzene rings is 9. The average Bonchev–Trinajstić information content (AvgIpc) is 4.03. The van der Waals surface area contributed by atoms with E-state index >= 15 is 0 Å². The molecule has 14 rings (SSSR count). The van der Waals surface area contributed by atoms with Gasteiger partial charge in [0.05, 0.1) is 11.4 Å². The molecule has 4 nitrogen and oxygen atoms in total. The minimum atomic E-state index is -0.0491. The SMILES string of the molecule is c1ccc2cc(-c3cc4c5c(c3)N(c3cccc6c3oc3ccccc36)c3c(ccc6c3oc3ccccc36)B5c3ccc5c(oc6ccccc65)c3-4)ccc2c1. The zero-order valence-electron chi connectivity index (χ0n) is 30.4. The molecule has 0 saturated heterocycles. The maximum Gasteiger partial charge on any atom is 0.248 e. The highest BCUT2D eigenvalue weighted by Gasteiger charge is 2.46. The molecule has 0 bridgehead atoms. The van der Waals surface area contributed by atoms with Crippen LogP contribution in [0.15, 0.2) is 183 Å². The Hall–Kier alpha value is -7.50. The number of hydrogen-bond donors (Lipinski definition) is 0. The molecule has 57 heavy (non-hydrogen) atoms. The topological polar surface area (TPSA) is 42.7 Å². The van der Waals surface area contributed by atoms with Crippen molar-refractivity contribution < 1.29 is 13.3 Å². The van der Waals surface area contributed by atoms with Crippen molar-refractivity contribution in [2.75, 3.05) is 4.90 Å². The Balaban J connectivity index is 1.17. The summed E-state index contributed by atoms with van der Waals surface area (Å²) in [6, 6.07) is 61.0. The summed E-state index contributed by atoms with van der Waals surface area (Å²) in [4.78, 5) is 2.44. The number of anilines is 3. The molecule has 0 spiro atoms. The largest absolute Gasteiger partial charge is 0.455 e. The van der Waals surface area contributed by atoms with Crippen molar-refractivity contribution in [3.05, 3.63) is 170 Å². The molecular weight excluding hydrogens is 697 g/mol. The first kappa shape index (κ1) is 29.8. The summed E-state index contributed by atoms with van der Waals surface area (Å²) in [7, 11) is 0. The van der Waals surface area contributed by atoms with E-state index in [1.54, 1.807) is 0 Å². The van der Waals surface area contributed by atoms with Gasteiger partial charge in [-0.15, -0.1) is 0 Å². The Morgan fingerprint density at radius 1 is 0.386 bits per heavy atom. The van der Waals surface area contributed by atoms with E-state index in [-0.39, 0.29) is 6.71 Å². The predicted molar refractivity (Wildman–Crippen MR) is 236 cm³/mol. The van der Waals surface area contributed by atoms with Gasteiger partial charge in [-0.3, -0.25) is 0 Å². The standard InChI is InChI=1S/C52H28BNO3/c1-2-11-30-26-31(21-20-29(30)10-1)32-27-39-47-40(24-22-37-34-13-4-7-18-45(34)56-51(37)47)53-41-25-23-38-35-14-5-8-19-46(35)57-52(38)49(41)54(43(28-32)48(39)53)42-16-9-15-36-33-12-3-6-17-44(33)55-50(36)42/h1-28H. The Bertz CT molecular complexity index is 3740. The van der Waals surface area contributed by atoms with Crippen LogP contribution >= 0.6 is 0 Å². The Labute approximate surface area is 325 Å². The fraction of sp³-hybridized carbons (Fsp3) is 0. The molecule has 3 aromatic heterocycles. The summed E-state index contributed by atoms with van der Waals surface area (Å²) < 4.78 is 20.7. The summed E-state index contributed by atoms with van der Waals surface area (Å²) in [6.45, 7) is -0.0491. The van der Waals surface area contributed by atoms with Crippen LogP contribution in [-0.4, -0.2) is 6.71 Å². The van der Waals surface area contributed by atoms with Crippen molar-refractivity contribution in [2.45, 2.75) is 0 Å². The van der Waals surface area contributed by atoms with E-state index in [0.717, 1.165) is 99.6 Å². The van der Waals surface area contributed by atoms with Gasteiger partial charge in [0.15, 0.2) is 11.2 Å². The summed E-state index contributed by atoms with van der Waals surface area (Å²) in [5, 5.41) is 9.06. The molecule has 262 valence electrons. The van der Waals surface area contributed by atoms with Gasteiger partial charge in [-0.1, -0.05) is 133 Å². The van der Waals surface area contributed by atoms with Crippen LogP contribution in [-0.2, 0) is 0 Å². The Morgan fingerprint density at radius 2 is 0.982 bits per heavy atom. The normalized spacial score (nSPS) is 13.2. The molecule has 2 aliphatic heterocycles. The van der Waals surface area contributed by atoms with E-state index in [1.165, 1.54) is 32.7 Å². The number of fused-ring (bicyclic) bond motifs is 17.